The molecule has 0 spiro atoms. The quantitative estimate of drug-likeness (QED) is 0.485. The van der Waals surface area contributed by atoms with Crippen molar-refractivity contribution in [2.75, 3.05) is 0 Å². The van der Waals surface area contributed by atoms with Crippen molar-refractivity contribution in [3.63, 3.8) is 0 Å². The van der Waals surface area contributed by atoms with Crippen LogP contribution in [0.1, 0.15) is 5.69 Å². The molecule has 0 saturated heterocycles. The molecule has 0 bridgehead atoms. The van der Waals surface area contributed by atoms with Crippen molar-refractivity contribution >= 4 is 11.6 Å². The van der Waals surface area contributed by atoms with Crippen molar-refractivity contribution in [1.82, 2.24) is 24.3 Å². The van der Waals surface area contributed by atoms with Gasteiger partial charge in [-0.1, -0.05) is 23.7 Å². The lowest BCUT2D eigenvalue weighted by molar-refractivity contribution is 0.677. The Bertz CT molecular complexity index is 743. The molecule has 1 aromatic carbocycles. The first kappa shape index (κ1) is 9.85. The fourth-order valence-electron chi connectivity index (χ4n) is 2.30. The standard InChI is InChI=1S/C12H8ClN5/c13-11-10-5-18-12(14-6-16-18)8-3-1-2-4-9(8)17(10)7-15-11/h1-4,6-7H,5H2. The van der Waals surface area contributed by atoms with Crippen LogP contribution in [0.3, 0.4) is 0 Å². The van der Waals surface area contributed by atoms with E-state index in [0.717, 1.165) is 22.8 Å². The Labute approximate surface area is 108 Å². The van der Waals surface area contributed by atoms with E-state index in [9.17, 15) is 0 Å². The van der Waals surface area contributed by atoms with E-state index in [1.54, 1.807) is 12.7 Å². The molecule has 5 nitrogen and oxygen atoms in total. The number of hydrogen-bond acceptors (Lipinski definition) is 3. The average Bonchev–Trinajstić information content (AvgIpc) is 2.96. The number of hydrogen-bond donors (Lipinski definition) is 0. The minimum absolute atomic E-state index is 0.508. The minimum atomic E-state index is 0.508. The van der Waals surface area contributed by atoms with Crippen LogP contribution in [0.15, 0.2) is 36.9 Å². The Balaban J connectivity index is 2.14. The van der Waals surface area contributed by atoms with E-state index in [0.29, 0.717) is 11.7 Å². The highest BCUT2D eigenvalue weighted by Gasteiger charge is 2.22. The number of benzene rings is 1. The normalized spacial score (nSPS) is 12.5. The molecule has 18 heavy (non-hydrogen) atoms. The first-order chi connectivity index (χ1) is 8.84. The summed E-state index contributed by atoms with van der Waals surface area (Å²) in [6.45, 7) is 0.572. The second-order valence-corrected chi connectivity index (χ2v) is 4.47. The Morgan fingerprint density at radius 1 is 1.17 bits per heavy atom. The van der Waals surface area contributed by atoms with Crippen molar-refractivity contribution in [3.05, 3.63) is 47.8 Å². The second-order valence-electron chi connectivity index (χ2n) is 4.11. The predicted octanol–water partition coefficient (Wildman–Crippen LogP) is 2.15. The molecule has 3 heterocycles. The maximum Gasteiger partial charge on any atom is 0.160 e. The second kappa shape index (κ2) is 3.43. The third-order valence-electron chi connectivity index (χ3n) is 3.14. The van der Waals surface area contributed by atoms with Gasteiger partial charge in [0.25, 0.3) is 0 Å². The van der Waals surface area contributed by atoms with Crippen molar-refractivity contribution in [3.8, 4) is 17.1 Å². The lowest BCUT2D eigenvalue weighted by Crippen LogP contribution is -2.04. The number of imidazole rings is 1. The Hall–Kier alpha value is -2.14. The van der Waals surface area contributed by atoms with Gasteiger partial charge in [-0.05, 0) is 12.1 Å². The molecule has 6 heteroatoms. The Kier molecular flexibility index (Phi) is 1.87. The van der Waals surface area contributed by atoms with Gasteiger partial charge in [0, 0.05) is 5.56 Å². The fourth-order valence-corrected chi connectivity index (χ4v) is 2.50. The first-order valence-electron chi connectivity index (χ1n) is 5.54. The van der Waals surface area contributed by atoms with Gasteiger partial charge < -0.3 is 0 Å². The molecule has 1 aliphatic heterocycles. The van der Waals surface area contributed by atoms with Crippen LogP contribution in [-0.2, 0) is 6.54 Å². The van der Waals surface area contributed by atoms with Crippen LogP contribution >= 0.6 is 11.6 Å². The van der Waals surface area contributed by atoms with Gasteiger partial charge in [-0.15, -0.1) is 0 Å². The predicted molar refractivity (Wildman–Crippen MR) is 66.7 cm³/mol. The van der Waals surface area contributed by atoms with Gasteiger partial charge in [-0.25, -0.2) is 14.6 Å². The fraction of sp³-hybridized carbons (Fsp3) is 0.0833. The maximum absolute atomic E-state index is 6.14. The van der Waals surface area contributed by atoms with Gasteiger partial charge in [0.1, 0.15) is 12.7 Å². The van der Waals surface area contributed by atoms with Crippen molar-refractivity contribution in [1.29, 1.82) is 0 Å². The van der Waals surface area contributed by atoms with Crippen molar-refractivity contribution in [2.45, 2.75) is 6.54 Å². The van der Waals surface area contributed by atoms with Crippen LogP contribution in [0.2, 0.25) is 5.15 Å². The molecule has 0 atom stereocenters. The topological polar surface area (TPSA) is 48.5 Å². The summed E-state index contributed by atoms with van der Waals surface area (Å²) in [4.78, 5) is 8.49. The Morgan fingerprint density at radius 2 is 2.06 bits per heavy atom. The highest BCUT2D eigenvalue weighted by Crippen LogP contribution is 2.31. The van der Waals surface area contributed by atoms with Gasteiger partial charge in [0.15, 0.2) is 11.0 Å². The summed E-state index contributed by atoms with van der Waals surface area (Å²) in [5.41, 5.74) is 2.98. The van der Waals surface area contributed by atoms with E-state index >= 15 is 0 Å². The van der Waals surface area contributed by atoms with Crippen LogP contribution in [0.5, 0.6) is 0 Å². The van der Waals surface area contributed by atoms with Gasteiger partial charge in [0.2, 0.25) is 0 Å². The summed E-state index contributed by atoms with van der Waals surface area (Å²) in [5, 5.41) is 4.75. The summed E-state index contributed by atoms with van der Waals surface area (Å²) >= 11 is 6.14. The zero-order valence-electron chi connectivity index (χ0n) is 9.29. The molecule has 3 aromatic rings. The average molecular weight is 258 g/mol. The molecule has 0 unspecified atom stereocenters. The number of aromatic nitrogens is 5. The van der Waals surface area contributed by atoms with E-state index in [4.69, 9.17) is 11.6 Å². The molecule has 0 fully saturated rings. The van der Waals surface area contributed by atoms with Gasteiger partial charge in [0.05, 0.1) is 17.9 Å². The zero-order chi connectivity index (χ0) is 12.1. The third kappa shape index (κ3) is 1.19. The van der Waals surface area contributed by atoms with Gasteiger partial charge in [-0.2, -0.15) is 5.10 Å². The molecule has 88 valence electrons. The van der Waals surface area contributed by atoms with Gasteiger partial charge >= 0.3 is 0 Å². The third-order valence-corrected chi connectivity index (χ3v) is 3.45. The van der Waals surface area contributed by atoms with E-state index in [1.807, 2.05) is 33.5 Å². The molecule has 2 aromatic heterocycles. The number of halogens is 1. The summed E-state index contributed by atoms with van der Waals surface area (Å²) in [6.07, 6.45) is 3.30. The smallest absolute Gasteiger partial charge is 0.160 e. The van der Waals surface area contributed by atoms with Crippen LogP contribution in [0.4, 0.5) is 0 Å². The number of para-hydroxylation sites is 1. The molecule has 0 radical (unpaired) electrons. The molecular weight excluding hydrogens is 250 g/mol. The molecule has 0 amide bonds. The van der Waals surface area contributed by atoms with Crippen LogP contribution < -0.4 is 0 Å². The largest absolute Gasteiger partial charge is 0.299 e. The maximum atomic E-state index is 6.14. The lowest BCUT2D eigenvalue weighted by atomic mass is 10.1. The summed E-state index contributed by atoms with van der Waals surface area (Å²) in [5.74, 6) is 0.852. The van der Waals surface area contributed by atoms with Crippen molar-refractivity contribution in [2.24, 2.45) is 0 Å². The van der Waals surface area contributed by atoms with E-state index in [-0.39, 0.29) is 0 Å². The highest BCUT2D eigenvalue weighted by molar-refractivity contribution is 6.30. The zero-order valence-corrected chi connectivity index (χ0v) is 10.0. The molecular formula is C12H8ClN5. The first-order valence-corrected chi connectivity index (χ1v) is 5.91. The SMILES string of the molecule is Clc1ncn2c1Cn1ncnc1-c1ccccc1-2. The molecule has 0 N–H and O–H groups in total. The number of rotatable bonds is 0. The molecule has 0 aliphatic carbocycles. The van der Waals surface area contributed by atoms with E-state index < -0.39 is 0 Å². The summed E-state index contributed by atoms with van der Waals surface area (Å²) in [6, 6.07) is 8.03. The number of nitrogens with zero attached hydrogens (tertiary/aromatic N) is 5. The van der Waals surface area contributed by atoms with Crippen molar-refractivity contribution < 1.29 is 0 Å². The van der Waals surface area contributed by atoms with Crippen LogP contribution in [0, 0.1) is 0 Å². The van der Waals surface area contributed by atoms with E-state index in [1.165, 1.54) is 0 Å². The highest BCUT2D eigenvalue weighted by atomic mass is 35.5. The number of fused-ring (bicyclic) bond motifs is 5. The molecule has 4 rings (SSSR count). The molecule has 1 aliphatic rings. The van der Waals surface area contributed by atoms with Crippen LogP contribution in [0.25, 0.3) is 17.1 Å². The minimum Gasteiger partial charge on any atom is -0.299 e. The van der Waals surface area contributed by atoms with E-state index in [2.05, 4.69) is 15.1 Å². The molecule has 0 saturated carbocycles. The lowest BCUT2D eigenvalue weighted by Gasteiger charge is -2.07. The Morgan fingerprint density at radius 3 is 3.00 bits per heavy atom. The summed E-state index contributed by atoms with van der Waals surface area (Å²) < 4.78 is 3.83. The van der Waals surface area contributed by atoms with Gasteiger partial charge in [-0.3, -0.25) is 4.57 Å². The summed E-state index contributed by atoms with van der Waals surface area (Å²) in [7, 11) is 0. The monoisotopic (exact) mass is 257 g/mol. The van der Waals surface area contributed by atoms with Crippen LogP contribution in [-0.4, -0.2) is 24.3 Å².